The van der Waals surface area contributed by atoms with Crippen molar-refractivity contribution in [2.75, 3.05) is 7.11 Å². The van der Waals surface area contributed by atoms with Crippen LogP contribution in [0.5, 0.6) is 0 Å². The van der Waals surface area contributed by atoms with Crippen LogP contribution in [0.15, 0.2) is 0 Å². The summed E-state index contributed by atoms with van der Waals surface area (Å²) in [6, 6.07) is -0.380. The Morgan fingerprint density at radius 3 is 2.85 bits per heavy atom. The number of esters is 1. The molecule has 1 aliphatic heterocycles. The Hall–Kier alpha value is -0.840. The molecule has 0 aromatic heterocycles. The fourth-order valence-electron chi connectivity index (χ4n) is 1.39. The van der Waals surface area contributed by atoms with Gasteiger partial charge in [0.1, 0.15) is 6.04 Å². The maximum atomic E-state index is 11.3. The van der Waals surface area contributed by atoms with Crippen LogP contribution in [0, 0.1) is 0 Å². The molecule has 13 heavy (non-hydrogen) atoms. The zero-order valence-corrected chi connectivity index (χ0v) is 8.83. The number of thiocarbonyl (C=S) groups is 1. The normalized spacial score (nSPS) is 32.2. The van der Waals surface area contributed by atoms with Gasteiger partial charge in [-0.25, -0.2) is 4.79 Å². The van der Waals surface area contributed by atoms with Gasteiger partial charge in [0.2, 0.25) is 0 Å². The lowest BCUT2D eigenvalue weighted by atomic mass is 9.91. The van der Waals surface area contributed by atoms with E-state index in [-0.39, 0.29) is 17.6 Å². The van der Waals surface area contributed by atoms with E-state index in [2.05, 4.69) is 15.4 Å². The molecule has 1 heterocycles. The molecule has 2 atom stereocenters. The summed E-state index contributed by atoms with van der Waals surface area (Å²) in [5.74, 6) is -0.281. The smallest absolute Gasteiger partial charge is 0.330 e. The Morgan fingerprint density at radius 2 is 2.38 bits per heavy atom. The van der Waals surface area contributed by atoms with Gasteiger partial charge in [-0.2, -0.15) is 0 Å². The van der Waals surface area contributed by atoms with E-state index in [0.29, 0.717) is 5.11 Å². The number of carbonyl (C=O) groups excluding carboxylic acids is 1. The average molecular weight is 202 g/mol. The van der Waals surface area contributed by atoms with Crippen LogP contribution in [0.4, 0.5) is 0 Å². The molecule has 0 aromatic rings. The minimum Gasteiger partial charge on any atom is -0.467 e. The van der Waals surface area contributed by atoms with E-state index in [1.165, 1.54) is 7.11 Å². The first-order chi connectivity index (χ1) is 6.03. The van der Waals surface area contributed by atoms with Crippen molar-refractivity contribution in [1.82, 2.24) is 10.6 Å². The van der Waals surface area contributed by atoms with Crippen LogP contribution < -0.4 is 10.6 Å². The van der Waals surface area contributed by atoms with Crippen LogP contribution >= 0.6 is 12.2 Å². The van der Waals surface area contributed by atoms with Crippen LogP contribution in [-0.2, 0) is 9.53 Å². The minimum atomic E-state index is -0.380. The molecule has 4 nitrogen and oxygen atoms in total. The summed E-state index contributed by atoms with van der Waals surface area (Å²) in [7, 11) is 1.38. The number of ether oxygens (including phenoxy) is 1. The second kappa shape index (κ2) is 3.49. The van der Waals surface area contributed by atoms with Crippen molar-refractivity contribution < 1.29 is 9.53 Å². The van der Waals surface area contributed by atoms with Gasteiger partial charge in [0.15, 0.2) is 5.11 Å². The van der Waals surface area contributed by atoms with Crippen molar-refractivity contribution in [3.63, 3.8) is 0 Å². The van der Waals surface area contributed by atoms with Crippen molar-refractivity contribution in [2.24, 2.45) is 0 Å². The molecule has 0 bridgehead atoms. The number of carbonyl (C=O) groups is 1. The summed E-state index contributed by atoms with van der Waals surface area (Å²) in [6.07, 6.45) is 0.805. The molecule has 2 N–H and O–H groups in total. The Balaban J connectivity index is 2.83. The lowest BCUT2D eigenvalue weighted by Gasteiger charge is -2.26. The second-order valence-electron chi connectivity index (χ2n) is 3.33. The monoisotopic (exact) mass is 202 g/mol. The SMILES string of the molecule is CCC1(C)NC(=S)NC1C(=O)OC. The summed E-state index contributed by atoms with van der Waals surface area (Å²) in [5, 5.41) is 6.47. The van der Waals surface area contributed by atoms with E-state index in [9.17, 15) is 4.79 Å². The highest BCUT2D eigenvalue weighted by molar-refractivity contribution is 7.80. The molecule has 1 rings (SSSR count). The predicted molar refractivity (Wildman–Crippen MR) is 53.4 cm³/mol. The van der Waals surface area contributed by atoms with Crippen LogP contribution in [0.2, 0.25) is 0 Å². The van der Waals surface area contributed by atoms with E-state index >= 15 is 0 Å². The van der Waals surface area contributed by atoms with Gasteiger partial charge in [-0.05, 0) is 25.6 Å². The third kappa shape index (κ3) is 1.75. The molecule has 0 aliphatic carbocycles. The van der Waals surface area contributed by atoms with Crippen LogP contribution in [0.25, 0.3) is 0 Å². The Kier molecular flexibility index (Phi) is 2.75. The largest absolute Gasteiger partial charge is 0.467 e. The van der Waals surface area contributed by atoms with Gasteiger partial charge >= 0.3 is 5.97 Å². The van der Waals surface area contributed by atoms with E-state index in [0.717, 1.165) is 6.42 Å². The van der Waals surface area contributed by atoms with Gasteiger partial charge in [-0.3, -0.25) is 0 Å². The fourth-order valence-corrected chi connectivity index (χ4v) is 1.74. The molecular formula is C8H14N2O2S. The zero-order valence-electron chi connectivity index (χ0n) is 8.01. The van der Waals surface area contributed by atoms with Crippen LogP contribution in [-0.4, -0.2) is 29.8 Å². The van der Waals surface area contributed by atoms with Crippen molar-refractivity contribution in [3.8, 4) is 0 Å². The summed E-state index contributed by atoms with van der Waals surface area (Å²) in [4.78, 5) is 11.3. The molecule has 0 spiro atoms. The molecule has 5 heteroatoms. The molecule has 0 radical (unpaired) electrons. The summed E-state index contributed by atoms with van der Waals surface area (Å²) >= 11 is 4.95. The van der Waals surface area contributed by atoms with E-state index in [1.807, 2.05) is 13.8 Å². The first-order valence-corrected chi connectivity index (χ1v) is 4.61. The van der Waals surface area contributed by atoms with Crippen LogP contribution in [0.1, 0.15) is 20.3 Å². The minimum absolute atomic E-state index is 0.281. The third-order valence-electron chi connectivity index (χ3n) is 2.48. The van der Waals surface area contributed by atoms with Gasteiger partial charge in [0, 0.05) is 0 Å². The molecule has 1 aliphatic rings. The first-order valence-electron chi connectivity index (χ1n) is 4.20. The highest BCUT2D eigenvalue weighted by atomic mass is 32.1. The van der Waals surface area contributed by atoms with Gasteiger partial charge in [0.05, 0.1) is 12.6 Å². The summed E-state index contributed by atoms with van der Waals surface area (Å²) < 4.78 is 4.68. The molecule has 0 aromatic carbocycles. The van der Waals surface area contributed by atoms with Gasteiger partial charge in [-0.15, -0.1) is 0 Å². The Bertz CT molecular complexity index is 244. The topological polar surface area (TPSA) is 50.4 Å². The quantitative estimate of drug-likeness (QED) is 0.494. The Morgan fingerprint density at radius 1 is 1.77 bits per heavy atom. The molecular weight excluding hydrogens is 188 g/mol. The maximum Gasteiger partial charge on any atom is 0.330 e. The number of nitrogens with one attached hydrogen (secondary N) is 2. The lowest BCUT2D eigenvalue weighted by molar-refractivity contribution is -0.144. The number of rotatable bonds is 2. The van der Waals surface area contributed by atoms with E-state index < -0.39 is 0 Å². The molecule has 74 valence electrons. The fraction of sp³-hybridized carbons (Fsp3) is 0.750. The van der Waals surface area contributed by atoms with Crippen molar-refractivity contribution >= 4 is 23.3 Å². The number of hydrogen-bond donors (Lipinski definition) is 2. The molecule has 1 saturated heterocycles. The van der Waals surface area contributed by atoms with E-state index in [4.69, 9.17) is 12.2 Å². The Labute approximate surface area is 83.0 Å². The van der Waals surface area contributed by atoms with Gasteiger partial charge in [0.25, 0.3) is 0 Å². The van der Waals surface area contributed by atoms with Crippen molar-refractivity contribution in [1.29, 1.82) is 0 Å². The van der Waals surface area contributed by atoms with Gasteiger partial charge in [-0.1, -0.05) is 6.92 Å². The second-order valence-corrected chi connectivity index (χ2v) is 3.73. The molecule has 0 saturated carbocycles. The van der Waals surface area contributed by atoms with E-state index in [1.54, 1.807) is 0 Å². The third-order valence-corrected chi connectivity index (χ3v) is 2.70. The maximum absolute atomic E-state index is 11.3. The predicted octanol–water partition coefficient (Wildman–Crippen LogP) is 0.174. The summed E-state index contributed by atoms with van der Waals surface area (Å²) in [5.41, 5.74) is -0.329. The zero-order chi connectivity index (χ0) is 10.1. The first kappa shape index (κ1) is 10.2. The van der Waals surface area contributed by atoms with Crippen molar-refractivity contribution in [3.05, 3.63) is 0 Å². The van der Waals surface area contributed by atoms with Crippen molar-refractivity contribution in [2.45, 2.75) is 31.8 Å². The molecule has 1 fully saturated rings. The number of methoxy groups -OCH3 is 1. The van der Waals surface area contributed by atoms with Crippen LogP contribution in [0.3, 0.4) is 0 Å². The summed E-state index contributed by atoms with van der Waals surface area (Å²) in [6.45, 7) is 3.94. The average Bonchev–Trinajstić information content (AvgIpc) is 2.41. The lowest BCUT2D eigenvalue weighted by Crippen LogP contribution is -2.50. The highest BCUT2D eigenvalue weighted by Crippen LogP contribution is 2.20. The standard InChI is InChI=1S/C8H14N2O2S/c1-4-8(2)5(6(11)12-3)9-7(13)10-8/h5H,4H2,1-3H3,(H2,9,10,13). The van der Waals surface area contributed by atoms with Gasteiger partial charge < -0.3 is 15.4 Å². The highest BCUT2D eigenvalue weighted by Gasteiger charge is 2.44. The molecule has 0 amide bonds. The number of hydrogen-bond acceptors (Lipinski definition) is 3. The molecule has 2 unspecified atom stereocenters.